The van der Waals surface area contributed by atoms with E-state index in [0.717, 1.165) is 31.5 Å². The Labute approximate surface area is 174 Å². The lowest BCUT2D eigenvalue weighted by atomic mass is 9.97. The minimum absolute atomic E-state index is 0.315. The van der Waals surface area contributed by atoms with Gasteiger partial charge in [0.2, 0.25) is 10.0 Å². The van der Waals surface area contributed by atoms with Crippen LogP contribution in [0.1, 0.15) is 44.0 Å². The molecule has 2 heterocycles. The molecule has 7 nitrogen and oxygen atoms in total. The second-order valence-electron chi connectivity index (χ2n) is 7.42. The molecule has 0 saturated carbocycles. The molecule has 0 aromatic carbocycles. The van der Waals surface area contributed by atoms with Crippen molar-refractivity contribution in [1.82, 2.24) is 20.3 Å². The number of piperidine rings is 1. The molecule has 1 saturated heterocycles. The van der Waals surface area contributed by atoms with E-state index < -0.39 is 10.0 Å². The van der Waals surface area contributed by atoms with Gasteiger partial charge in [-0.05, 0) is 56.6 Å². The molecule has 0 radical (unpaired) electrons. The van der Waals surface area contributed by atoms with Crippen molar-refractivity contribution in [3.05, 3.63) is 22.4 Å². The molecule has 9 heteroatoms. The van der Waals surface area contributed by atoms with Gasteiger partial charge in [-0.3, -0.25) is 9.89 Å². The van der Waals surface area contributed by atoms with Gasteiger partial charge in [0, 0.05) is 24.5 Å². The Morgan fingerprint density at radius 1 is 1.32 bits per heavy atom. The summed E-state index contributed by atoms with van der Waals surface area (Å²) in [5.41, 5.74) is 0. The van der Waals surface area contributed by atoms with Gasteiger partial charge in [0.25, 0.3) is 0 Å². The number of sulfonamides is 1. The molecule has 0 amide bonds. The summed E-state index contributed by atoms with van der Waals surface area (Å²) in [6.07, 6.45) is 4.38. The molecule has 1 unspecified atom stereocenters. The van der Waals surface area contributed by atoms with Gasteiger partial charge in [0.1, 0.15) is 0 Å². The summed E-state index contributed by atoms with van der Waals surface area (Å²) in [4.78, 5) is 8.76. The van der Waals surface area contributed by atoms with Crippen molar-refractivity contribution in [2.45, 2.75) is 39.2 Å². The summed E-state index contributed by atoms with van der Waals surface area (Å²) in [5, 5.41) is 8.73. The molecule has 0 spiro atoms. The van der Waals surface area contributed by atoms with Crippen molar-refractivity contribution < 1.29 is 8.42 Å². The van der Waals surface area contributed by atoms with Gasteiger partial charge >= 0.3 is 0 Å². The Morgan fingerprint density at radius 2 is 2.07 bits per heavy atom. The molecule has 1 aliphatic heterocycles. The third-order valence-electron chi connectivity index (χ3n) is 4.91. The zero-order valence-corrected chi connectivity index (χ0v) is 18.9. The van der Waals surface area contributed by atoms with Crippen LogP contribution in [0.25, 0.3) is 0 Å². The molecule has 2 rings (SSSR count). The number of aliphatic imine (C=N–C) groups is 1. The lowest BCUT2D eigenvalue weighted by Gasteiger charge is -2.35. The average molecular weight is 430 g/mol. The smallest absolute Gasteiger partial charge is 0.208 e. The van der Waals surface area contributed by atoms with E-state index in [-0.39, 0.29) is 0 Å². The first kappa shape index (κ1) is 23.1. The SMILES string of the molecule is CCNC(=NCC(c1cccs1)N1CCC(C)CC1)NCCCNS(C)(=O)=O. The topological polar surface area (TPSA) is 85.8 Å². The highest BCUT2D eigenvalue weighted by Crippen LogP contribution is 2.29. The number of likely N-dealkylation sites (tertiary alicyclic amines) is 1. The zero-order valence-electron chi connectivity index (χ0n) is 17.3. The molecule has 1 aromatic rings. The molecule has 28 heavy (non-hydrogen) atoms. The highest BCUT2D eigenvalue weighted by molar-refractivity contribution is 7.88. The van der Waals surface area contributed by atoms with Crippen LogP contribution >= 0.6 is 11.3 Å². The fraction of sp³-hybridized carbons (Fsp3) is 0.737. The Kier molecular flexibility index (Phi) is 9.70. The summed E-state index contributed by atoms with van der Waals surface area (Å²) in [6.45, 7) is 9.23. The summed E-state index contributed by atoms with van der Waals surface area (Å²) < 4.78 is 24.7. The van der Waals surface area contributed by atoms with Crippen LogP contribution in [-0.4, -0.2) is 64.8 Å². The van der Waals surface area contributed by atoms with Crippen molar-refractivity contribution in [2.24, 2.45) is 10.9 Å². The number of nitrogens with zero attached hydrogens (tertiary/aromatic N) is 2. The number of rotatable bonds is 10. The van der Waals surface area contributed by atoms with Gasteiger partial charge < -0.3 is 10.6 Å². The summed E-state index contributed by atoms with van der Waals surface area (Å²) >= 11 is 1.80. The summed E-state index contributed by atoms with van der Waals surface area (Å²) in [6, 6.07) is 4.64. The zero-order chi connectivity index (χ0) is 20.4. The van der Waals surface area contributed by atoms with Crippen LogP contribution in [0, 0.1) is 5.92 Å². The third kappa shape index (κ3) is 8.46. The predicted molar refractivity (Wildman–Crippen MR) is 118 cm³/mol. The lowest BCUT2D eigenvalue weighted by molar-refractivity contribution is 0.143. The second-order valence-corrected chi connectivity index (χ2v) is 10.2. The standard InChI is InChI=1S/C19H35N5O2S2/c1-4-20-19(21-10-6-11-23-28(3,25)26)22-15-17(18-7-5-14-27-18)24-12-8-16(2)9-13-24/h5,7,14,16-17,23H,4,6,8-13,15H2,1-3H3,(H2,20,21,22). The molecule has 1 aromatic heterocycles. The fourth-order valence-electron chi connectivity index (χ4n) is 3.28. The Hall–Kier alpha value is -1.16. The molecular formula is C19H35N5O2S2. The van der Waals surface area contributed by atoms with Gasteiger partial charge in [-0.2, -0.15) is 0 Å². The van der Waals surface area contributed by atoms with E-state index in [2.05, 4.69) is 44.7 Å². The van der Waals surface area contributed by atoms with E-state index >= 15 is 0 Å². The molecule has 3 N–H and O–H groups in total. The van der Waals surface area contributed by atoms with Crippen LogP contribution in [0.2, 0.25) is 0 Å². The maximum absolute atomic E-state index is 11.1. The average Bonchev–Trinajstić information content (AvgIpc) is 3.16. The van der Waals surface area contributed by atoms with Crippen LogP contribution in [0.3, 0.4) is 0 Å². The summed E-state index contributed by atoms with van der Waals surface area (Å²) in [7, 11) is -3.13. The normalized spacial score (nSPS) is 18.2. The van der Waals surface area contributed by atoms with Gasteiger partial charge in [-0.25, -0.2) is 13.1 Å². The van der Waals surface area contributed by atoms with E-state index in [1.807, 2.05) is 6.92 Å². The highest BCUT2D eigenvalue weighted by atomic mass is 32.2. The number of thiophene rings is 1. The van der Waals surface area contributed by atoms with E-state index in [1.165, 1.54) is 24.0 Å². The van der Waals surface area contributed by atoms with Crippen molar-refractivity contribution in [2.75, 3.05) is 45.5 Å². The number of hydrogen-bond acceptors (Lipinski definition) is 5. The first-order chi connectivity index (χ1) is 13.4. The number of nitrogens with one attached hydrogen (secondary N) is 3. The van der Waals surface area contributed by atoms with Gasteiger partial charge in [0.15, 0.2) is 5.96 Å². The Balaban J connectivity index is 1.92. The molecule has 160 valence electrons. The van der Waals surface area contributed by atoms with Crippen molar-refractivity contribution in [3.63, 3.8) is 0 Å². The Morgan fingerprint density at radius 3 is 2.68 bits per heavy atom. The minimum atomic E-state index is -3.13. The van der Waals surface area contributed by atoms with E-state index in [0.29, 0.717) is 32.1 Å². The van der Waals surface area contributed by atoms with Crippen LogP contribution < -0.4 is 15.4 Å². The predicted octanol–water partition coefficient (Wildman–Crippen LogP) is 2.02. The quantitative estimate of drug-likeness (QED) is 0.301. The van der Waals surface area contributed by atoms with Crippen molar-refractivity contribution >= 4 is 27.3 Å². The van der Waals surface area contributed by atoms with Gasteiger partial charge in [-0.1, -0.05) is 13.0 Å². The largest absolute Gasteiger partial charge is 0.357 e. The van der Waals surface area contributed by atoms with Gasteiger partial charge in [0.05, 0.1) is 18.8 Å². The number of hydrogen-bond donors (Lipinski definition) is 3. The first-order valence-corrected chi connectivity index (χ1v) is 12.9. The van der Waals surface area contributed by atoms with Crippen molar-refractivity contribution in [1.29, 1.82) is 0 Å². The fourth-order valence-corrected chi connectivity index (χ4v) is 4.65. The molecule has 1 atom stereocenters. The third-order valence-corrected chi connectivity index (χ3v) is 6.61. The molecular weight excluding hydrogens is 394 g/mol. The first-order valence-electron chi connectivity index (χ1n) is 10.1. The number of guanidine groups is 1. The monoisotopic (exact) mass is 429 g/mol. The molecule has 0 bridgehead atoms. The lowest BCUT2D eigenvalue weighted by Crippen LogP contribution is -2.40. The van der Waals surface area contributed by atoms with Crippen molar-refractivity contribution in [3.8, 4) is 0 Å². The van der Waals surface area contributed by atoms with Gasteiger partial charge in [-0.15, -0.1) is 11.3 Å². The van der Waals surface area contributed by atoms with Crippen LogP contribution in [-0.2, 0) is 10.0 Å². The summed E-state index contributed by atoms with van der Waals surface area (Å²) in [5.74, 6) is 1.59. The van der Waals surface area contributed by atoms with E-state index in [1.54, 1.807) is 11.3 Å². The minimum Gasteiger partial charge on any atom is -0.357 e. The van der Waals surface area contributed by atoms with E-state index in [9.17, 15) is 8.42 Å². The Bertz CT molecular complexity index is 683. The van der Waals surface area contributed by atoms with Crippen LogP contribution in [0.15, 0.2) is 22.5 Å². The molecule has 1 aliphatic rings. The van der Waals surface area contributed by atoms with Crippen LogP contribution in [0.4, 0.5) is 0 Å². The van der Waals surface area contributed by atoms with E-state index in [4.69, 9.17) is 4.99 Å². The maximum atomic E-state index is 11.1. The van der Waals surface area contributed by atoms with Crippen LogP contribution in [0.5, 0.6) is 0 Å². The molecule has 0 aliphatic carbocycles. The second kappa shape index (κ2) is 11.7. The highest BCUT2D eigenvalue weighted by Gasteiger charge is 2.25. The molecule has 1 fully saturated rings. The maximum Gasteiger partial charge on any atom is 0.208 e.